The lowest BCUT2D eigenvalue weighted by molar-refractivity contribution is 0.121. The number of aliphatic hydroxyl groups is 1. The fourth-order valence-electron chi connectivity index (χ4n) is 3.77. The van der Waals surface area contributed by atoms with Crippen molar-refractivity contribution in [2.24, 2.45) is 5.41 Å². The van der Waals surface area contributed by atoms with Gasteiger partial charge in [0.25, 0.3) is 0 Å². The Balaban J connectivity index is 2.09. The van der Waals surface area contributed by atoms with E-state index in [1.54, 1.807) is 0 Å². The molecule has 30 heavy (non-hydrogen) atoms. The number of rotatable bonds is 3. The molecule has 0 saturated carbocycles. The Morgan fingerprint density at radius 2 is 1.37 bits per heavy atom. The number of nitrogens with one attached hydrogen (secondary N) is 1. The zero-order valence-corrected chi connectivity index (χ0v) is 18.0. The number of aromatic amines is 1. The first-order valence-electron chi connectivity index (χ1n) is 10.3. The molecule has 0 aliphatic heterocycles. The molecule has 2 heteroatoms. The number of hydrogen-bond acceptors (Lipinski definition) is 1. The molecule has 0 spiro atoms. The Morgan fingerprint density at radius 3 is 1.90 bits per heavy atom. The molecule has 0 atom stereocenters. The predicted molar refractivity (Wildman–Crippen MR) is 124 cm³/mol. The van der Waals surface area contributed by atoms with Crippen LogP contribution < -0.4 is 0 Å². The number of fused-ring (bicyclic) bond motifs is 1. The fraction of sp³-hybridized carbons (Fsp3) is 0.214. The summed E-state index contributed by atoms with van der Waals surface area (Å²) in [4.78, 5) is 3.51. The molecule has 2 nitrogen and oxygen atoms in total. The van der Waals surface area contributed by atoms with Gasteiger partial charge >= 0.3 is 0 Å². The van der Waals surface area contributed by atoms with Gasteiger partial charge in [0.15, 0.2) is 5.60 Å². The lowest BCUT2D eigenvalue weighted by Crippen LogP contribution is -2.30. The molecule has 2 N–H and O–H groups in total. The second kappa shape index (κ2) is 7.52. The molecule has 3 aromatic carbocycles. The maximum Gasteiger partial charge on any atom is 0.156 e. The van der Waals surface area contributed by atoms with Crippen LogP contribution in [0.5, 0.6) is 0 Å². The van der Waals surface area contributed by atoms with Crippen LogP contribution in [0.3, 0.4) is 0 Å². The second-order valence-corrected chi connectivity index (χ2v) is 8.87. The van der Waals surface area contributed by atoms with Crippen molar-refractivity contribution in [2.45, 2.75) is 33.3 Å². The highest BCUT2D eigenvalue weighted by Crippen LogP contribution is 2.40. The molecular weight excluding hydrogens is 366 g/mol. The molecule has 0 aliphatic carbocycles. The predicted octanol–water partition coefficient (Wildman–Crippen LogP) is 6.16. The summed E-state index contributed by atoms with van der Waals surface area (Å²) in [6.45, 7) is 8.37. The molecule has 4 rings (SSSR count). The molecule has 1 aromatic heterocycles. The van der Waals surface area contributed by atoms with Gasteiger partial charge in [0.1, 0.15) is 0 Å². The van der Waals surface area contributed by atoms with E-state index in [1.807, 2.05) is 60.7 Å². The van der Waals surface area contributed by atoms with Crippen LogP contribution in [0, 0.1) is 24.2 Å². The van der Waals surface area contributed by atoms with Gasteiger partial charge < -0.3 is 10.1 Å². The average molecular weight is 394 g/mol. The highest BCUT2D eigenvalue weighted by Gasteiger charge is 2.37. The molecule has 0 saturated heterocycles. The molecule has 0 bridgehead atoms. The van der Waals surface area contributed by atoms with E-state index < -0.39 is 5.60 Å². The number of aryl methyl sites for hydroxylation is 1. The molecule has 150 valence electrons. The standard InChI is InChI=1S/C28H27NO/c1-20-15-16-25-24(19-20)23(17-18-27(2,3)4)26(29-25)28(30,21-11-7-5-8-12-21)22-13-9-6-10-14-22/h5-16,19,29-30H,1-4H3. The van der Waals surface area contributed by atoms with Crippen molar-refractivity contribution in [3.63, 3.8) is 0 Å². The Morgan fingerprint density at radius 1 is 0.800 bits per heavy atom. The van der Waals surface area contributed by atoms with Gasteiger partial charge in [-0.15, -0.1) is 0 Å². The molecule has 0 unspecified atom stereocenters. The smallest absolute Gasteiger partial charge is 0.156 e. The van der Waals surface area contributed by atoms with Crippen LogP contribution in [0.2, 0.25) is 0 Å². The van der Waals surface area contributed by atoms with Crippen LogP contribution in [-0.4, -0.2) is 10.1 Å². The summed E-state index contributed by atoms with van der Waals surface area (Å²) in [5.41, 5.74) is 3.79. The topological polar surface area (TPSA) is 36.0 Å². The van der Waals surface area contributed by atoms with Gasteiger partial charge in [0, 0.05) is 16.3 Å². The Hall–Kier alpha value is -3.28. The zero-order valence-electron chi connectivity index (χ0n) is 18.0. The molecule has 0 fully saturated rings. The highest BCUT2D eigenvalue weighted by atomic mass is 16.3. The highest BCUT2D eigenvalue weighted by molar-refractivity contribution is 5.89. The summed E-state index contributed by atoms with van der Waals surface area (Å²) in [7, 11) is 0. The van der Waals surface area contributed by atoms with Gasteiger partial charge in [0.2, 0.25) is 0 Å². The molecule has 4 aromatic rings. The normalized spacial score (nSPS) is 11.9. The van der Waals surface area contributed by atoms with E-state index in [0.29, 0.717) is 5.69 Å². The van der Waals surface area contributed by atoms with Gasteiger partial charge in [-0.25, -0.2) is 0 Å². The number of hydrogen-bond donors (Lipinski definition) is 2. The van der Waals surface area contributed by atoms with E-state index in [2.05, 4.69) is 62.7 Å². The Labute approximate surface area is 178 Å². The van der Waals surface area contributed by atoms with E-state index >= 15 is 0 Å². The summed E-state index contributed by atoms with van der Waals surface area (Å²) in [6.07, 6.45) is 0. The minimum absolute atomic E-state index is 0.150. The zero-order chi connectivity index (χ0) is 21.4. The maximum absolute atomic E-state index is 12.3. The quantitative estimate of drug-likeness (QED) is 0.402. The first-order chi connectivity index (χ1) is 14.3. The van der Waals surface area contributed by atoms with Crippen molar-refractivity contribution in [1.29, 1.82) is 0 Å². The number of aromatic nitrogens is 1. The van der Waals surface area contributed by atoms with E-state index in [-0.39, 0.29) is 5.41 Å². The first kappa shape index (κ1) is 20.0. The van der Waals surface area contributed by atoms with Crippen LogP contribution in [0.15, 0.2) is 78.9 Å². The first-order valence-corrected chi connectivity index (χ1v) is 10.3. The Bertz CT molecular complexity index is 1190. The summed E-state index contributed by atoms with van der Waals surface area (Å²) in [6, 6.07) is 25.9. The SMILES string of the molecule is Cc1ccc2[nH]c(C(O)(c3ccccc3)c3ccccc3)c(C#CC(C)(C)C)c2c1. The van der Waals surface area contributed by atoms with Crippen molar-refractivity contribution < 1.29 is 5.11 Å². The van der Waals surface area contributed by atoms with Crippen molar-refractivity contribution in [3.05, 3.63) is 107 Å². The minimum Gasteiger partial charge on any atom is -0.374 e. The summed E-state index contributed by atoms with van der Waals surface area (Å²) < 4.78 is 0. The Kier molecular flexibility index (Phi) is 5.02. The fourth-order valence-corrected chi connectivity index (χ4v) is 3.77. The second-order valence-electron chi connectivity index (χ2n) is 8.87. The van der Waals surface area contributed by atoms with Crippen molar-refractivity contribution >= 4 is 10.9 Å². The van der Waals surface area contributed by atoms with Crippen molar-refractivity contribution in [1.82, 2.24) is 4.98 Å². The van der Waals surface area contributed by atoms with Crippen LogP contribution in [0.25, 0.3) is 10.9 Å². The summed E-state index contributed by atoms with van der Waals surface area (Å²) in [5, 5.41) is 13.3. The van der Waals surface area contributed by atoms with Crippen LogP contribution in [0.4, 0.5) is 0 Å². The summed E-state index contributed by atoms with van der Waals surface area (Å²) >= 11 is 0. The third-order valence-corrected chi connectivity index (χ3v) is 5.26. The lowest BCUT2D eigenvalue weighted by Gasteiger charge is -2.29. The number of benzene rings is 3. The van der Waals surface area contributed by atoms with Crippen molar-refractivity contribution in [2.75, 3.05) is 0 Å². The third kappa shape index (κ3) is 3.65. The van der Waals surface area contributed by atoms with Gasteiger partial charge in [-0.2, -0.15) is 0 Å². The van der Waals surface area contributed by atoms with Crippen LogP contribution in [-0.2, 0) is 5.60 Å². The van der Waals surface area contributed by atoms with E-state index in [4.69, 9.17) is 0 Å². The van der Waals surface area contributed by atoms with Crippen molar-refractivity contribution in [3.8, 4) is 11.8 Å². The summed E-state index contributed by atoms with van der Waals surface area (Å²) in [5.74, 6) is 6.78. The van der Waals surface area contributed by atoms with Crippen LogP contribution >= 0.6 is 0 Å². The molecule has 0 aliphatic rings. The van der Waals surface area contributed by atoms with E-state index in [1.165, 1.54) is 0 Å². The largest absolute Gasteiger partial charge is 0.374 e. The monoisotopic (exact) mass is 393 g/mol. The minimum atomic E-state index is -1.35. The van der Waals surface area contributed by atoms with Gasteiger partial charge in [0.05, 0.1) is 11.3 Å². The number of H-pyrrole nitrogens is 1. The van der Waals surface area contributed by atoms with E-state index in [0.717, 1.165) is 33.2 Å². The van der Waals surface area contributed by atoms with Gasteiger partial charge in [-0.3, -0.25) is 0 Å². The maximum atomic E-state index is 12.3. The van der Waals surface area contributed by atoms with Gasteiger partial charge in [-0.05, 0) is 51.0 Å². The van der Waals surface area contributed by atoms with Gasteiger partial charge in [-0.1, -0.05) is 84.1 Å². The lowest BCUT2D eigenvalue weighted by atomic mass is 9.81. The molecular formula is C28H27NO. The van der Waals surface area contributed by atoms with E-state index in [9.17, 15) is 5.11 Å². The molecule has 0 amide bonds. The van der Waals surface area contributed by atoms with Crippen LogP contribution in [0.1, 0.15) is 48.7 Å². The average Bonchev–Trinajstić information content (AvgIpc) is 3.10. The molecule has 1 heterocycles. The third-order valence-electron chi connectivity index (χ3n) is 5.26. The molecule has 0 radical (unpaired) electrons.